The van der Waals surface area contributed by atoms with E-state index in [1.807, 2.05) is 13.0 Å². The number of nitrogens with zero attached hydrogens (tertiary/aromatic N) is 1. The molecule has 1 atom stereocenters. The Bertz CT molecular complexity index is 389. The summed E-state index contributed by atoms with van der Waals surface area (Å²) in [5.74, 6) is -0.153. The minimum atomic E-state index is -0.154. The molecular formula is C13H17NO2. The van der Waals surface area contributed by atoms with E-state index in [4.69, 9.17) is 4.74 Å². The van der Waals surface area contributed by atoms with Crippen LogP contribution in [0.15, 0.2) is 24.3 Å². The molecule has 0 radical (unpaired) electrons. The second-order valence-electron chi connectivity index (χ2n) is 4.19. The zero-order chi connectivity index (χ0) is 11.5. The number of carbonyl (C=O) groups is 1. The lowest BCUT2D eigenvalue weighted by molar-refractivity contribution is -0.146. The van der Waals surface area contributed by atoms with Gasteiger partial charge in [0.05, 0.1) is 7.11 Å². The molecule has 0 saturated heterocycles. The Labute approximate surface area is 96.0 Å². The first-order valence-corrected chi connectivity index (χ1v) is 5.61. The van der Waals surface area contributed by atoms with Gasteiger partial charge in [-0.25, -0.2) is 0 Å². The average molecular weight is 219 g/mol. The van der Waals surface area contributed by atoms with Gasteiger partial charge in [0.25, 0.3) is 0 Å². The molecule has 86 valence electrons. The molecule has 1 aromatic rings. The molecule has 1 unspecified atom stereocenters. The van der Waals surface area contributed by atoms with Gasteiger partial charge < -0.3 is 4.74 Å². The molecule has 1 aliphatic rings. The molecule has 0 aromatic heterocycles. The maximum absolute atomic E-state index is 11.5. The van der Waals surface area contributed by atoms with Crippen molar-refractivity contribution in [2.75, 3.05) is 13.7 Å². The molecule has 1 aromatic carbocycles. The lowest BCUT2D eigenvalue weighted by atomic mass is 9.99. The third-order valence-corrected chi connectivity index (χ3v) is 3.25. The average Bonchev–Trinajstić information content (AvgIpc) is 2.36. The minimum absolute atomic E-state index is 0.153. The van der Waals surface area contributed by atoms with Gasteiger partial charge >= 0.3 is 5.97 Å². The van der Waals surface area contributed by atoms with E-state index >= 15 is 0 Å². The van der Waals surface area contributed by atoms with Crippen molar-refractivity contribution in [3.8, 4) is 0 Å². The van der Waals surface area contributed by atoms with Gasteiger partial charge in [0.15, 0.2) is 0 Å². The number of hydrogen-bond donors (Lipinski definition) is 0. The molecule has 16 heavy (non-hydrogen) atoms. The van der Waals surface area contributed by atoms with Crippen LogP contribution in [0, 0.1) is 0 Å². The lowest BCUT2D eigenvalue weighted by Gasteiger charge is -2.32. The first-order chi connectivity index (χ1) is 7.72. The van der Waals surface area contributed by atoms with E-state index in [1.165, 1.54) is 18.2 Å². The van der Waals surface area contributed by atoms with Crippen LogP contribution < -0.4 is 0 Å². The van der Waals surface area contributed by atoms with Crippen molar-refractivity contribution in [1.82, 2.24) is 4.90 Å². The van der Waals surface area contributed by atoms with Gasteiger partial charge in [-0.1, -0.05) is 24.3 Å². The van der Waals surface area contributed by atoms with E-state index < -0.39 is 0 Å². The lowest BCUT2D eigenvalue weighted by Crippen LogP contribution is -2.42. The monoisotopic (exact) mass is 219 g/mol. The molecule has 0 amide bonds. The molecule has 0 N–H and O–H groups in total. The molecule has 0 bridgehead atoms. The topological polar surface area (TPSA) is 29.5 Å². The van der Waals surface area contributed by atoms with Gasteiger partial charge in [0, 0.05) is 13.1 Å². The van der Waals surface area contributed by atoms with Gasteiger partial charge in [-0.3, -0.25) is 9.69 Å². The molecule has 3 nitrogen and oxygen atoms in total. The molecule has 0 fully saturated rings. The molecule has 3 heteroatoms. The van der Waals surface area contributed by atoms with Gasteiger partial charge in [0.2, 0.25) is 0 Å². The van der Waals surface area contributed by atoms with Crippen LogP contribution in [0.3, 0.4) is 0 Å². The number of benzene rings is 1. The third kappa shape index (κ3) is 2.09. The largest absolute Gasteiger partial charge is 0.468 e. The summed E-state index contributed by atoms with van der Waals surface area (Å²) >= 11 is 0. The molecule has 1 heterocycles. The van der Waals surface area contributed by atoms with Crippen LogP contribution in [0.4, 0.5) is 0 Å². The van der Waals surface area contributed by atoms with Crippen LogP contribution in [0.5, 0.6) is 0 Å². The first-order valence-electron chi connectivity index (χ1n) is 5.61. The fraction of sp³-hybridized carbons (Fsp3) is 0.462. The molecule has 0 aliphatic carbocycles. The zero-order valence-corrected chi connectivity index (χ0v) is 9.77. The number of ether oxygens (including phenoxy) is 1. The summed E-state index contributed by atoms with van der Waals surface area (Å²) in [4.78, 5) is 13.6. The number of esters is 1. The molecular weight excluding hydrogens is 202 g/mol. The van der Waals surface area contributed by atoms with E-state index in [9.17, 15) is 4.79 Å². The number of hydrogen-bond acceptors (Lipinski definition) is 3. The summed E-state index contributed by atoms with van der Waals surface area (Å²) < 4.78 is 4.77. The Kier molecular flexibility index (Phi) is 3.25. The summed E-state index contributed by atoms with van der Waals surface area (Å²) in [5.41, 5.74) is 2.72. The fourth-order valence-corrected chi connectivity index (χ4v) is 2.17. The third-order valence-electron chi connectivity index (χ3n) is 3.25. The summed E-state index contributed by atoms with van der Waals surface area (Å²) in [7, 11) is 1.44. The Morgan fingerprint density at radius 3 is 2.75 bits per heavy atom. The van der Waals surface area contributed by atoms with Crippen molar-refractivity contribution in [2.45, 2.75) is 25.9 Å². The number of methoxy groups -OCH3 is 1. The van der Waals surface area contributed by atoms with E-state index in [0.29, 0.717) is 0 Å². The quantitative estimate of drug-likeness (QED) is 0.708. The van der Waals surface area contributed by atoms with Crippen molar-refractivity contribution in [3.05, 3.63) is 35.4 Å². The van der Waals surface area contributed by atoms with Crippen LogP contribution in [0.2, 0.25) is 0 Å². The highest BCUT2D eigenvalue weighted by Crippen LogP contribution is 2.20. The van der Waals surface area contributed by atoms with Crippen molar-refractivity contribution in [3.63, 3.8) is 0 Å². The zero-order valence-electron chi connectivity index (χ0n) is 9.77. The van der Waals surface area contributed by atoms with Gasteiger partial charge in [-0.15, -0.1) is 0 Å². The van der Waals surface area contributed by atoms with Gasteiger partial charge in [0.1, 0.15) is 6.04 Å². The fourth-order valence-electron chi connectivity index (χ4n) is 2.17. The van der Waals surface area contributed by atoms with Crippen LogP contribution in [-0.2, 0) is 22.5 Å². The van der Waals surface area contributed by atoms with E-state index in [-0.39, 0.29) is 12.0 Å². The molecule has 0 saturated carbocycles. The maximum atomic E-state index is 11.5. The molecule has 2 rings (SSSR count). The second kappa shape index (κ2) is 4.66. The van der Waals surface area contributed by atoms with Gasteiger partial charge in [-0.2, -0.15) is 0 Å². The standard InChI is InChI=1S/C13H17NO2/c1-10(13(15)16-2)14-8-7-11-5-3-4-6-12(11)9-14/h3-6,10H,7-9H2,1-2H3. The normalized spacial score (nSPS) is 17.6. The van der Waals surface area contributed by atoms with Crippen LogP contribution >= 0.6 is 0 Å². The summed E-state index contributed by atoms with van der Waals surface area (Å²) in [6.45, 7) is 3.67. The SMILES string of the molecule is COC(=O)C(C)N1CCc2ccccc2C1. The van der Waals surface area contributed by atoms with Crippen molar-refractivity contribution >= 4 is 5.97 Å². The smallest absolute Gasteiger partial charge is 0.322 e. The predicted molar refractivity (Wildman–Crippen MR) is 62.0 cm³/mol. The van der Waals surface area contributed by atoms with Crippen LogP contribution in [0.1, 0.15) is 18.1 Å². The minimum Gasteiger partial charge on any atom is -0.468 e. The van der Waals surface area contributed by atoms with Crippen LogP contribution in [-0.4, -0.2) is 30.6 Å². The number of carbonyl (C=O) groups excluding carboxylic acids is 1. The number of fused-ring (bicyclic) bond motifs is 1. The van der Waals surface area contributed by atoms with Crippen molar-refractivity contribution in [1.29, 1.82) is 0 Å². The van der Waals surface area contributed by atoms with E-state index in [0.717, 1.165) is 19.5 Å². The maximum Gasteiger partial charge on any atom is 0.322 e. The van der Waals surface area contributed by atoms with Crippen molar-refractivity contribution < 1.29 is 9.53 Å². The Morgan fingerprint density at radius 1 is 1.38 bits per heavy atom. The number of rotatable bonds is 2. The van der Waals surface area contributed by atoms with Gasteiger partial charge in [-0.05, 0) is 24.5 Å². The molecule has 0 spiro atoms. The summed E-state index contributed by atoms with van der Waals surface area (Å²) in [6.07, 6.45) is 1.01. The predicted octanol–water partition coefficient (Wildman–Crippen LogP) is 1.61. The summed E-state index contributed by atoms with van der Waals surface area (Å²) in [5, 5.41) is 0. The van der Waals surface area contributed by atoms with Crippen LogP contribution in [0.25, 0.3) is 0 Å². The first kappa shape index (κ1) is 11.1. The second-order valence-corrected chi connectivity index (χ2v) is 4.19. The van der Waals surface area contributed by atoms with E-state index in [1.54, 1.807) is 0 Å². The van der Waals surface area contributed by atoms with E-state index in [2.05, 4.69) is 23.1 Å². The van der Waals surface area contributed by atoms with Crippen molar-refractivity contribution in [2.24, 2.45) is 0 Å². The Morgan fingerprint density at radius 2 is 2.06 bits per heavy atom. The highest BCUT2D eigenvalue weighted by atomic mass is 16.5. The Hall–Kier alpha value is -1.35. The highest BCUT2D eigenvalue weighted by molar-refractivity contribution is 5.75. The molecule has 1 aliphatic heterocycles. The Balaban J connectivity index is 2.10. The summed E-state index contributed by atoms with van der Waals surface area (Å²) in [6, 6.07) is 8.25. The highest BCUT2D eigenvalue weighted by Gasteiger charge is 2.25.